The van der Waals surface area contributed by atoms with E-state index in [0.29, 0.717) is 12.1 Å². The van der Waals surface area contributed by atoms with Crippen molar-refractivity contribution >= 4 is 34.5 Å². The van der Waals surface area contributed by atoms with Crippen LogP contribution in [0.1, 0.15) is 47.0 Å². The number of benzene rings is 1. The maximum absolute atomic E-state index is 13.6. The largest absolute Gasteiger partial charge is 0.351 e. The second kappa shape index (κ2) is 10.2. The number of halogens is 1. The Labute approximate surface area is 189 Å². The van der Waals surface area contributed by atoms with Crippen LogP contribution < -0.4 is 5.32 Å². The summed E-state index contributed by atoms with van der Waals surface area (Å²) in [6.07, 6.45) is 4.34. The number of thiophene rings is 2. The van der Waals surface area contributed by atoms with Gasteiger partial charge in [0.15, 0.2) is 0 Å². The van der Waals surface area contributed by atoms with Crippen molar-refractivity contribution in [2.24, 2.45) is 0 Å². The molecule has 0 aliphatic heterocycles. The van der Waals surface area contributed by atoms with E-state index in [0.717, 1.165) is 35.4 Å². The summed E-state index contributed by atoms with van der Waals surface area (Å²) in [6.45, 7) is 0.335. The van der Waals surface area contributed by atoms with Gasteiger partial charge in [0.2, 0.25) is 11.8 Å². The first-order chi connectivity index (χ1) is 15.1. The van der Waals surface area contributed by atoms with Crippen LogP contribution in [0.2, 0.25) is 0 Å². The second-order valence-corrected chi connectivity index (χ2v) is 9.87. The van der Waals surface area contributed by atoms with Crippen molar-refractivity contribution in [2.75, 3.05) is 0 Å². The van der Waals surface area contributed by atoms with E-state index < -0.39 is 6.04 Å². The van der Waals surface area contributed by atoms with Gasteiger partial charge in [-0.25, -0.2) is 4.39 Å². The molecule has 1 aliphatic rings. The van der Waals surface area contributed by atoms with Crippen LogP contribution in [0.4, 0.5) is 4.39 Å². The average Bonchev–Trinajstić information content (AvgIpc) is 3.53. The molecule has 1 aliphatic carbocycles. The summed E-state index contributed by atoms with van der Waals surface area (Å²) in [5.74, 6) is -0.685. The average molecular weight is 457 g/mol. The minimum Gasteiger partial charge on any atom is -0.351 e. The van der Waals surface area contributed by atoms with Crippen molar-refractivity contribution in [1.82, 2.24) is 10.2 Å². The highest BCUT2D eigenvalue weighted by molar-refractivity contribution is 7.10. The van der Waals surface area contributed by atoms with E-state index in [1.165, 1.54) is 23.5 Å². The van der Waals surface area contributed by atoms with Crippen LogP contribution in [-0.4, -0.2) is 22.8 Å². The number of nitrogens with zero attached hydrogens (tertiary/aromatic N) is 1. The molecule has 0 bridgehead atoms. The zero-order valence-electron chi connectivity index (χ0n) is 17.1. The summed E-state index contributed by atoms with van der Waals surface area (Å²) in [7, 11) is 0. The van der Waals surface area contributed by atoms with Gasteiger partial charge in [0.05, 0.1) is 13.0 Å². The molecule has 1 N–H and O–H groups in total. The molecule has 31 heavy (non-hydrogen) atoms. The fourth-order valence-corrected chi connectivity index (χ4v) is 5.42. The molecule has 2 amide bonds. The lowest BCUT2D eigenvalue weighted by Gasteiger charge is -2.32. The van der Waals surface area contributed by atoms with Crippen LogP contribution in [0.3, 0.4) is 0 Å². The first-order valence-corrected chi connectivity index (χ1v) is 12.3. The quantitative estimate of drug-likeness (QED) is 0.499. The number of amides is 2. The predicted octanol–water partition coefficient (Wildman–Crippen LogP) is 5.32. The van der Waals surface area contributed by atoms with Crippen LogP contribution in [0.5, 0.6) is 0 Å². The lowest BCUT2D eigenvalue weighted by atomic mass is 10.0. The molecule has 1 aromatic carbocycles. The molecule has 7 heteroatoms. The van der Waals surface area contributed by atoms with Gasteiger partial charge >= 0.3 is 0 Å². The van der Waals surface area contributed by atoms with Crippen molar-refractivity contribution in [2.45, 2.75) is 50.7 Å². The molecule has 4 nitrogen and oxygen atoms in total. The molecule has 1 fully saturated rings. The van der Waals surface area contributed by atoms with Gasteiger partial charge < -0.3 is 10.2 Å². The Morgan fingerprint density at radius 3 is 2.26 bits per heavy atom. The van der Waals surface area contributed by atoms with Crippen LogP contribution in [-0.2, 0) is 22.6 Å². The Morgan fingerprint density at radius 1 is 1.00 bits per heavy atom. The Kier molecular flexibility index (Phi) is 7.14. The monoisotopic (exact) mass is 456 g/mol. The maximum Gasteiger partial charge on any atom is 0.247 e. The predicted molar refractivity (Wildman–Crippen MR) is 122 cm³/mol. The number of hydrogen-bond acceptors (Lipinski definition) is 4. The smallest absolute Gasteiger partial charge is 0.247 e. The van der Waals surface area contributed by atoms with Gasteiger partial charge in [-0.05, 0) is 53.4 Å². The van der Waals surface area contributed by atoms with Gasteiger partial charge in [0.1, 0.15) is 11.9 Å². The first kappa shape index (κ1) is 21.7. The minimum atomic E-state index is -0.809. The van der Waals surface area contributed by atoms with Crippen LogP contribution in [0, 0.1) is 5.82 Å². The van der Waals surface area contributed by atoms with Gasteiger partial charge in [-0.15, -0.1) is 22.7 Å². The zero-order chi connectivity index (χ0) is 21.6. The molecule has 0 saturated heterocycles. The lowest BCUT2D eigenvalue weighted by Crippen LogP contribution is -2.46. The van der Waals surface area contributed by atoms with Gasteiger partial charge in [-0.3, -0.25) is 9.59 Å². The number of hydrogen-bond donors (Lipinski definition) is 1. The summed E-state index contributed by atoms with van der Waals surface area (Å²) in [4.78, 5) is 30.5. The van der Waals surface area contributed by atoms with Crippen molar-refractivity contribution in [3.05, 3.63) is 80.4 Å². The molecule has 0 radical (unpaired) electrons. The normalized spacial score (nSPS) is 15.0. The van der Waals surface area contributed by atoms with Gasteiger partial charge in [-0.1, -0.05) is 37.1 Å². The third-order valence-electron chi connectivity index (χ3n) is 5.58. The van der Waals surface area contributed by atoms with E-state index >= 15 is 0 Å². The van der Waals surface area contributed by atoms with Crippen LogP contribution >= 0.6 is 22.7 Å². The van der Waals surface area contributed by atoms with E-state index in [4.69, 9.17) is 0 Å². The van der Waals surface area contributed by atoms with Crippen molar-refractivity contribution < 1.29 is 14.0 Å². The molecule has 2 aromatic heterocycles. The van der Waals surface area contributed by atoms with E-state index in [1.54, 1.807) is 28.4 Å². The number of carbonyl (C=O) groups excluding carboxylic acids is 2. The number of nitrogens with one attached hydrogen (secondary N) is 1. The molecular formula is C24H25FN2O2S2. The SMILES string of the molecule is O=C(NC1CCCC1)[C@@H](c1ccc(F)cc1)N(Cc1cccs1)C(=O)Cc1cccs1. The van der Waals surface area contributed by atoms with Crippen LogP contribution in [0.15, 0.2) is 59.3 Å². The zero-order valence-corrected chi connectivity index (χ0v) is 18.8. The Morgan fingerprint density at radius 2 is 1.65 bits per heavy atom. The minimum absolute atomic E-state index is 0.119. The van der Waals surface area contributed by atoms with E-state index in [2.05, 4.69) is 5.32 Å². The molecule has 2 heterocycles. The summed E-state index contributed by atoms with van der Waals surface area (Å²) >= 11 is 3.08. The Hall–Kier alpha value is -2.51. The van der Waals surface area contributed by atoms with Crippen LogP contribution in [0.25, 0.3) is 0 Å². The second-order valence-electron chi connectivity index (χ2n) is 7.80. The first-order valence-electron chi connectivity index (χ1n) is 10.5. The third kappa shape index (κ3) is 5.60. The Bertz CT molecular complexity index is 981. The van der Waals surface area contributed by atoms with E-state index in [-0.39, 0.29) is 30.1 Å². The highest BCUT2D eigenvalue weighted by Crippen LogP contribution is 2.28. The molecule has 0 spiro atoms. The number of carbonyl (C=O) groups is 2. The van der Waals surface area contributed by atoms with E-state index in [9.17, 15) is 14.0 Å². The summed E-state index contributed by atoms with van der Waals surface area (Å²) in [5.41, 5.74) is 0.619. The highest BCUT2D eigenvalue weighted by atomic mass is 32.1. The van der Waals surface area contributed by atoms with Gasteiger partial charge in [-0.2, -0.15) is 0 Å². The molecule has 1 atom stereocenters. The highest BCUT2D eigenvalue weighted by Gasteiger charge is 2.33. The standard InChI is InChI=1S/C24H25FN2O2S2/c25-18-11-9-17(10-12-18)23(24(29)26-19-5-1-2-6-19)27(16-21-8-4-14-31-21)22(28)15-20-7-3-13-30-20/h3-4,7-14,19,23H,1-2,5-6,15-16H2,(H,26,29)/t23-/m1/s1. The fraction of sp³-hybridized carbons (Fsp3) is 0.333. The molecule has 162 valence electrons. The molecule has 4 rings (SSSR count). The molecule has 0 unspecified atom stereocenters. The van der Waals surface area contributed by atoms with Crippen molar-refractivity contribution in [1.29, 1.82) is 0 Å². The third-order valence-corrected chi connectivity index (χ3v) is 7.32. The maximum atomic E-state index is 13.6. The summed E-state index contributed by atoms with van der Waals surface area (Å²) in [5, 5.41) is 7.05. The van der Waals surface area contributed by atoms with E-state index in [1.807, 2.05) is 35.0 Å². The topological polar surface area (TPSA) is 49.4 Å². The van der Waals surface area contributed by atoms with Gasteiger partial charge in [0, 0.05) is 15.8 Å². The molecule has 1 saturated carbocycles. The van der Waals surface area contributed by atoms with Crippen molar-refractivity contribution in [3.63, 3.8) is 0 Å². The summed E-state index contributed by atoms with van der Waals surface area (Å²) in [6, 6.07) is 13.0. The lowest BCUT2D eigenvalue weighted by molar-refractivity contribution is -0.141. The number of rotatable bonds is 8. The molecule has 3 aromatic rings. The van der Waals surface area contributed by atoms with Crippen molar-refractivity contribution in [3.8, 4) is 0 Å². The molecular weight excluding hydrogens is 431 g/mol. The van der Waals surface area contributed by atoms with Gasteiger partial charge in [0.25, 0.3) is 0 Å². The fourth-order valence-electron chi connectivity index (χ4n) is 4.03. The summed E-state index contributed by atoms with van der Waals surface area (Å²) < 4.78 is 13.6. The Balaban J connectivity index is 1.67.